The SMILES string of the molecule is CC1(C(=O)NCCc2cc(C(F)(F)F)cc(C3(C(=O)NCCc4cc(F)cc(C5(C(=O)NCCc6ccc(Cl)c(Cl)c6)CCCCC5)c4)CCCCC3)c2)CCCCC1. The summed E-state index contributed by atoms with van der Waals surface area (Å²) in [7, 11) is 0. The van der Waals surface area contributed by atoms with Gasteiger partial charge in [-0.1, -0.05) is 106 Å². The molecule has 3 saturated carbocycles. The Morgan fingerprint density at radius 1 is 0.559 bits per heavy atom. The highest BCUT2D eigenvalue weighted by Crippen LogP contribution is 2.44. The van der Waals surface area contributed by atoms with E-state index in [4.69, 9.17) is 23.2 Å². The number of benzene rings is 3. The lowest BCUT2D eigenvalue weighted by molar-refractivity contribution is -0.138. The van der Waals surface area contributed by atoms with Gasteiger partial charge < -0.3 is 16.0 Å². The molecule has 0 radical (unpaired) electrons. The van der Waals surface area contributed by atoms with Crippen LogP contribution in [0.1, 0.15) is 137 Å². The van der Waals surface area contributed by atoms with Crippen LogP contribution in [0.2, 0.25) is 10.0 Å². The third-order valence-corrected chi connectivity index (χ3v) is 14.0. The van der Waals surface area contributed by atoms with Crippen molar-refractivity contribution in [2.24, 2.45) is 5.41 Å². The summed E-state index contributed by atoms with van der Waals surface area (Å²) in [4.78, 5) is 41.3. The van der Waals surface area contributed by atoms with Crippen LogP contribution in [0.15, 0.2) is 54.6 Å². The number of rotatable bonds is 14. The van der Waals surface area contributed by atoms with Gasteiger partial charge in [0, 0.05) is 25.0 Å². The highest BCUT2D eigenvalue weighted by Gasteiger charge is 2.44. The molecule has 3 aromatic rings. The molecule has 0 unspecified atom stereocenters. The van der Waals surface area contributed by atoms with E-state index in [9.17, 15) is 27.6 Å². The van der Waals surface area contributed by atoms with Crippen molar-refractivity contribution in [1.82, 2.24) is 16.0 Å². The fraction of sp³-hybridized carbons (Fsp3) is 0.553. The topological polar surface area (TPSA) is 87.3 Å². The minimum atomic E-state index is -4.62. The number of alkyl halides is 3. The molecule has 320 valence electrons. The molecule has 3 fully saturated rings. The second-order valence-corrected chi connectivity index (χ2v) is 18.3. The van der Waals surface area contributed by atoms with E-state index in [-0.39, 0.29) is 43.7 Å². The van der Waals surface area contributed by atoms with Gasteiger partial charge in [-0.15, -0.1) is 0 Å². The number of nitrogens with one attached hydrogen (secondary N) is 3. The van der Waals surface area contributed by atoms with Crippen LogP contribution in [-0.2, 0) is 50.7 Å². The molecule has 0 spiro atoms. The average molecular weight is 859 g/mol. The summed E-state index contributed by atoms with van der Waals surface area (Å²) in [6.07, 6.45) is 7.94. The molecule has 0 heterocycles. The predicted octanol–water partition coefficient (Wildman–Crippen LogP) is 10.9. The van der Waals surface area contributed by atoms with Gasteiger partial charge in [-0.25, -0.2) is 4.39 Å². The zero-order valence-electron chi connectivity index (χ0n) is 34.0. The maximum absolute atomic E-state index is 15.4. The number of carbonyl (C=O) groups excluding carboxylic acids is 3. The van der Waals surface area contributed by atoms with Crippen molar-refractivity contribution < 1.29 is 31.9 Å². The first-order valence-electron chi connectivity index (χ1n) is 21.4. The molecule has 3 aliphatic rings. The number of hydrogen-bond acceptors (Lipinski definition) is 3. The summed E-state index contributed by atoms with van der Waals surface area (Å²) in [6, 6.07) is 14.0. The number of carbonyl (C=O) groups is 3. The molecule has 0 aliphatic heterocycles. The van der Waals surface area contributed by atoms with Gasteiger partial charge in [0.2, 0.25) is 17.7 Å². The Balaban J connectivity index is 1.15. The van der Waals surface area contributed by atoms with Crippen LogP contribution in [0.5, 0.6) is 0 Å². The largest absolute Gasteiger partial charge is 0.416 e. The quantitative estimate of drug-likeness (QED) is 0.141. The molecule has 0 aromatic heterocycles. The van der Waals surface area contributed by atoms with Crippen molar-refractivity contribution >= 4 is 40.9 Å². The summed E-state index contributed by atoms with van der Waals surface area (Å²) in [5, 5.41) is 9.99. The highest BCUT2D eigenvalue weighted by molar-refractivity contribution is 6.42. The summed E-state index contributed by atoms with van der Waals surface area (Å²) in [5.74, 6) is -1.03. The van der Waals surface area contributed by atoms with Crippen molar-refractivity contribution in [3.8, 4) is 0 Å². The predicted molar refractivity (Wildman–Crippen MR) is 225 cm³/mol. The highest BCUT2D eigenvalue weighted by atomic mass is 35.5. The van der Waals surface area contributed by atoms with Gasteiger partial charge in [-0.2, -0.15) is 13.2 Å². The van der Waals surface area contributed by atoms with Crippen LogP contribution in [0, 0.1) is 11.2 Å². The minimum Gasteiger partial charge on any atom is -0.355 e. The van der Waals surface area contributed by atoms with Crippen molar-refractivity contribution in [2.45, 2.75) is 140 Å². The van der Waals surface area contributed by atoms with E-state index < -0.39 is 33.8 Å². The Hall–Kier alpha value is -3.63. The maximum Gasteiger partial charge on any atom is 0.416 e. The van der Waals surface area contributed by atoms with E-state index in [1.54, 1.807) is 18.2 Å². The van der Waals surface area contributed by atoms with Crippen LogP contribution in [-0.4, -0.2) is 37.4 Å². The van der Waals surface area contributed by atoms with E-state index in [0.29, 0.717) is 83.8 Å². The number of halogens is 6. The van der Waals surface area contributed by atoms with Crippen molar-refractivity contribution in [3.05, 3.63) is 104 Å². The fourth-order valence-electron chi connectivity index (χ4n) is 9.72. The van der Waals surface area contributed by atoms with E-state index in [1.807, 2.05) is 19.1 Å². The summed E-state index contributed by atoms with van der Waals surface area (Å²) < 4.78 is 58.5. The Morgan fingerprint density at radius 3 is 1.53 bits per heavy atom. The molecule has 0 bridgehead atoms. The van der Waals surface area contributed by atoms with Crippen LogP contribution >= 0.6 is 23.2 Å². The van der Waals surface area contributed by atoms with Gasteiger partial charge in [-0.05, 0) is 122 Å². The molecular formula is C47H57Cl2F4N3O3. The van der Waals surface area contributed by atoms with Gasteiger partial charge in [0.05, 0.1) is 26.4 Å². The van der Waals surface area contributed by atoms with Crippen molar-refractivity contribution in [1.29, 1.82) is 0 Å². The van der Waals surface area contributed by atoms with Crippen LogP contribution < -0.4 is 16.0 Å². The molecule has 6 rings (SSSR count). The maximum atomic E-state index is 15.4. The zero-order chi connectivity index (χ0) is 42.3. The van der Waals surface area contributed by atoms with Crippen LogP contribution in [0.4, 0.5) is 17.6 Å². The first-order chi connectivity index (χ1) is 28.1. The van der Waals surface area contributed by atoms with E-state index in [1.165, 1.54) is 12.1 Å². The van der Waals surface area contributed by atoms with Crippen molar-refractivity contribution in [3.63, 3.8) is 0 Å². The van der Waals surface area contributed by atoms with Gasteiger partial charge in [0.25, 0.3) is 0 Å². The second kappa shape index (κ2) is 19.4. The number of hydrogen-bond donors (Lipinski definition) is 3. The smallest absolute Gasteiger partial charge is 0.355 e. The Labute approximate surface area is 356 Å². The first kappa shape index (κ1) is 44.9. The van der Waals surface area contributed by atoms with Gasteiger partial charge in [0.1, 0.15) is 5.82 Å². The minimum absolute atomic E-state index is 0.0635. The molecular weight excluding hydrogens is 801 g/mol. The molecule has 3 aromatic carbocycles. The molecule has 3 aliphatic carbocycles. The molecule has 0 saturated heterocycles. The zero-order valence-corrected chi connectivity index (χ0v) is 35.5. The van der Waals surface area contributed by atoms with E-state index in [2.05, 4.69) is 16.0 Å². The molecule has 3 N–H and O–H groups in total. The Kier molecular flexibility index (Phi) is 14.8. The molecule has 6 nitrogen and oxygen atoms in total. The lowest BCUT2D eigenvalue weighted by Gasteiger charge is -2.37. The fourth-order valence-corrected chi connectivity index (χ4v) is 10.0. The normalized spacial score (nSPS) is 18.8. The standard InChI is InChI=1S/C47H57Cl2F4N3O3/c1-44(16-5-2-6-17-44)41(57)54-23-14-33-25-35(30-37(27-33)47(51,52)53)45(18-7-3-8-19-45)42(58)56-24-15-34-26-36(31-38(50)28-34)46(20-9-4-10-21-46)43(59)55-22-13-32-11-12-39(48)40(49)29-32/h11-12,25-31H,2-10,13-24H2,1H3,(H,54,57)(H,55,59)(H,56,58). The summed E-state index contributed by atoms with van der Waals surface area (Å²) >= 11 is 12.2. The van der Waals surface area contributed by atoms with Gasteiger partial charge in [-0.3, -0.25) is 14.4 Å². The average Bonchev–Trinajstić information content (AvgIpc) is 3.22. The van der Waals surface area contributed by atoms with E-state index in [0.717, 1.165) is 75.5 Å². The van der Waals surface area contributed by atoms with Gasteiger partial charge in [0.15, 0.2) is 0 Å². The molecule has 59 heavy (non-hydrogen) atoms. The second-order valence-electron chi connectivity index (χ2n) is 17.4. The lowest BCUT2D eigenvalue weighted by Crippen LogP contribution is -2.47. The first-order valence-corrected chi connectivity index (χ1v) is 22.2. The van der Waals surface area contributed by atoms with Crippen molar-refractivity contribution in [2.75, 3.05) is 19.6 Å². The van der Waals surface area contributed by atoms with Gasteiger partial charge >= 0.3 is 6.18 Å². The summed E-state index contributed by atoms with van der Waals surface area (Å²) in [6.45, 7) is 2.67. The molecule has 3 amide bonds. The third-order valence-electron chi connectivity index (χ3n) is 13.3. The summed E-state index contributed by atoms with van der Waals surface area (Å²) in [5.41, 5.74) is -0.424. The third kappa shape index (κ3) is 10.8. The molecule has 12 heteroatoms. The Morgan fingerprint density at radius 2 is 1.02 bits per heavy atom. The number of amides is 3. The lowest BCUT2D eigenvalue weighted by atomic mass is 9.68. The monoisotopic (exact) mass is 857 g/mol. The molecule has 0 atom stereocenters. The van der Waals surface area contributed by atoms with Crippen LogP contribution in [0.25, 0.3) is 0 Å². The van der Waals surface area contributed by atoms with Crippen LogP contribution in [0.3, 0.4) is 0 Å². The van der Waals surface area contributed by atoms with E-state index >= 15 is 4.39 Å². The Bertz CT molecular complexity index is 1970.